The number of nitrogens with one attached hydrogen (secondary N) is 1. The third-order valence-corrected chi connectivity index (χ3v) is 5.75. The van der Waals surface area contributed by atoms with Crippen molar-refractivity contribution in [3.05, 3.63) is 91.7 Å². The van der Waals surface area contributed by atoms with Crippen LogP contribution in [0.1, 0.15) is 17.0 Å². The largest absolute Gasteiger partial charge is 0.335 e. The molecular formula is C23H17BrN4O5. The predicted molar refractivity (Wildman–Crippen MR) is 125 cm³/mol. The Bertz CT molecular complexity index is 1360. The number of nitro groups is 1. The summed E-state index contributed by atoms with van der Waals surface area (Å²) in [6, 6.07) is 13.7. The van der Waals surface area contributed by atoms with Gasteiger partial charge in [-0.15, -0.1) is 0 Å². The fourth-order valence-corrected chi connectivity index (χ4v) is 4.10. The van der Waals surface area contributed by atoms with Crippen molar-refractivity contribution in [1.29, 1.82) is 0 Å². The third-order valence-electron chi connectivity index (χ3n) is 5.26. The van der Waals surface area contributed by atoms with Crippen molar-refractivity contribution in [3.63, 3.8) is 0 Å². The first-order valence-electron chi connectivity index (χ1n) is 9.78. The lowest BCUT2D eigenvalue weighted by Crippen LogP contribution is -2.54. The van der Waals surface area contributed by atoms with Crippen LogP contribution < -0.4 is 10.2 Å². The Morgan fingerprint density at radius 1 is 1.00 bits per heavy atom. The highest BCUT2D eigenvalue weighted by molar-refractivity contribution is 9.10. The smallest absolute Gasteiger partial charge is 0.318 e. The summed E-state index contributed by atoms with van der Waals surface area (Å²) >= 11 is 3.31. The molecule has 166 valence electrons. The van der Waals surface area contributed by atoms with E-state index in [-0.39, 0.29) is 11.3 Å². The van der Waals surface area contributed by atoms with Crippen LogP contribution in [-0.4, -0.2) is 27.3 Å². The van der Waals surface area contributed by atoms with Crippen molar-refractivity contribution in [1.82, 2.24) is 9.88 Å². The zero-order valence-corrected chi connectivity index (χ0v) is 19.1. The van der Waals surface area contributed by atoms with Gasteiger partial charge in [-0.05, 0) is 61.9 Å². The molecular weight excluding hydrogens is 492 g/mol. The van der Waals surface area contributed by atoms with Gasteiger partial charge in [-0.1, -0.05) is 22.0 Å². The lowest BCUT2D eigenvalue weighted by molar-refractivity contribution is -0.384. The van der Waals surface area contributed by atoms with Crippen molar-refractivity contribution < 1.29 is 19.3 Å². The Kier molecular flexibility index (Phi) is 5.69. The molecule has 0 radical (unpaired) electrons. The van der Waals surface area contributed by atoms with E-state index in [0.29, 0.717) is 21.4 Å². The van der Waals surface area contributed by atoms with E-state index in [4.69, 9.17) is 0 Å². The number of aromatic nitrogens is 1. The summed E-state index contributed by atoms with van der Waals surface area (Å²) in [5.74, 6) is -1.52. The topological polar surface area (TPSA) is 115 Å². The van der Waals surface area contributed by atoms with E-state index in [0.717, 1.165) is 16.3 Å². The summed E-state index contributed by atoms with van der Waals surface area (Å²) in [6.07, 6.45) is 1.44. The van der Waals surface area contributed by atoms with Crippen LogP contribution in [0.3, 0.4) is 0 Å². The van der Waals surface area contributed by atoms with Gasteiger partial charge in [0.25, 0.3) is 17.5 Å². The van der Waals surface area contributed by atoms with Crippen LogP contribution in [0.25, 0.3) is 11.8 Å². The minimum atomic E-state index is -0.823. The van der Waals surface area contributed by atoms with Crippen molar-refractivity contribution in [2.75, 3.05) is 4.90 Å². The molecule has 9 nitrogen and oxygen atoms in total. The molecule has 33 heavy (non-hydrogen) atoms. The summed E-state index contributed by atoms with van der Waals surface area (Å²) < 4.78 is 2.54. The number of hydrogen-bond donors (Lipinski definition) is 1. The monoisotopic (exact) mass is 508 g/mol. The van der Waals surface area contributed by atoms with Gasteiger partial charge in [0.1, 0.15) is 5.57 Å². The molecule has 0 aliphatic carbocycles. The molecule has 2 aromatic carbocycles. The Morgan fingerprint density at radius 3 is 2.33 bits per heavy atom. The minimum Gasteiger partial charge on any atom is -0.318 e. The molecule has 1 aromatic heterocycles. The number of hydrogen-bond acceptors (Lipinski definition) is 5. The Labute approximate surface area is 196 Å². The summed E-state index contributed by atoms with van der Waals surface area (Å²) in [4.78, 5) is 49.4. The van der Waals surface area contributed by atoms with Crippen LogP contribution in [0.2, 0.25) is 0 Å². The van der Waals surface area contributed by atoms with E-state index in [1.54, 1.807) is 42.5 Å². The number of aryl methyl sites for hydroxylation is 1. The number of imide groups is 2. The Balaban J connectivity index is 1.74. The van der Waals surface area contributed by atoms with Gasteiger partial charge in [0, 0.05) is 33.7 Å². The number of urea groups is 1. The molecule has 4 rings (SSSR count). The summed E-state index contributed by atoms with van der Waals surface area (Å²) in [5, 5.41) is 13.1. The summed E-state index contributed by atoms with van der Waals surface area (Å²) in [6.45, 7) is 3.65. The molecule has 3 aromatic rings. The van der Waals surface area contributed by atoms with E-state index in [9.17, 15) is 24.5 Å². The van der Waals surface area contributed by atoms with Gasteiger partial charge in [0.05, 0.1) is 10.6 Å². The average Bonchev–Trinajstić information content (AvgIpc) is 3.04. The second-order valence-electron chi connectivity index (χ2n) is 7.37. The van der Waals surface area contributed by atoms with Gasteiger partial charge in [0.2, 0.25) is 0 Å². The average molecular weight is 509 g/mol. The lowest BCUT2D eigenvalue weighted by Gasteiger charge is -2.26. The fourth-order valence-electron chi connectivity index (χ4n) is 3.72. The highest BCUT2D eigenvalue weighted by Crippen LogP contribution is 2.27. The van der Waals surface area contributed by atoms with Gasteiger partial charge in [-0.2, -0.15) is 0 Å². The Hall–Kier alpha value is -4.05. The number of non-ortho nitro benzene ring substituents is 1. The number of rotatable bonds is 4. The van der Waals surface area contributed by atoms with Gasteiger partial charge < -0.3 is 4.57 Å². The highest BCUT2D eigenvalue weighted by atomic mass is 79.9. The molecule has 1 saturated heterocycles. The number of barbiturate groups is 1. The maximum absolute atomic E-state index is 13.1. The SMILES string of the molecule is Cc1cc(/C=C2/C(=O)NC(=O)N(c3cccc(Br)c3)C2=O)c(C)n1-c1ccc([N+](=O)[O-])cc1. The molecule has 1 fully saturated rings. The van der Waals surface area contributed by atoms with Crippen LogP contribution >= 0.6 is 15.9 Å². The van der Waals surface area contributed by atoms with E-state index in [1.165, 1.54) is 18.2 Å². The normalized spacial score (nSPS) is 15.2. The first-order valence-corrected chi connectivity index (χ1v) is 10.6. The van der Waals surface area contributed by atoms with Crippen molar-refractivity contribution in [2.45, 2.75) is 13.8 Å². The highest BCUT2D eigenvalue weighted by Gasteiger charge is 2.37. The Morgan fingerprint density at radius 2 is 1.70 bits per heavy atom. The first kappa shape index (κ1) is 22.2. The van der Waals surface area contributed by atoms with E-state index in [2.05, 4.69) is 21.2 Å². The number of benzene rings is 2. The van der Waals surface area contributed by atoms with Crippen LogP contribution in [0.15, 0.2) is 64.6 Å². The molecule has 0 unspecified atom stereocenters. The number of anilines is 1. The molecule has 1 aliphatic rings. The van der Waals surface area contributed by atoms with Crippen molar-refractivity contribution in [2.24, 2.45) is 0 Å². The van der Waals surface area contributed by atoms with E-state index in [1.807, 2.05) is 18.4 Å². The summed E-state index contributed by atoms with van der Waals surface area (Å²) in [7, 11) is 0. The number of nitro benzene ring substituents is 1. The lowest BCUT2D eigenvalue weighted by atomic mass is 10.1. The second-order valence-corrected chi connectivity index (χ2v) is 8.29. The molecule has 1 aliphatic heterocycles. The molecule has 0 spiro atoms. The first-order chi connectivity index (χ1) is 15.7. The number of amides is 4. The fraction of sp³-hybridized carbons (Fsp3) is 0.0870. The van der Waals surface area contributed by atoms with E-state index >= 15 is 0 Å². The molecule has 0 saturated carbocycles. The van der Waals surface area contributed by atoms with Crippen molar-refractivity contribution >= 4 is 51.2 Å². The van der Waals surface area contributed by atoms with Crippen LogP contribution in [0.5, 0.6) is 0 Å². The van der Waals surface area contributed by atoms with Gasteiger partial charge in [-0.3, -0.25) is 25.0 Å². The van der Waals surface area contributed by atoms with Crippen molar-refractivity contribution in [3.8, 4) is 5.69 Å². The quantitative estimate of drug-likeness (QED) is 0.242. The minimum absolute atomic E-state index is 0.0228. The van der Waals surface area contributed by atoms with Gasteiger partial charge in [-0.25, -0.2) is 9.69 Å². The van der Waals surface area contributed by atoms with E-state index < -0.39 is 22.8 Å². The number of halogens is 1. The molecule has 1 N–H and O–H groups in total. The second kappa shape index (κ2) is 8.47. The van der Waals surface area contributed by atoms with Crippen LogP contribution in [0.4, 0.5) is 16.2 Å². The zero-order chi connectivity index (χ0) is 23.9. The van der Waals surface area contributed by atoms with Crippen LogP contribution in [0, 0.1) is 24.0 Å². The maximum Gasteiger partial charge on any atom is 0.335 e. The van der Waals surface area contributed by atoms with Gasteiger partial charge >= 0.3 is 6.03 Å². The number of nitrogens with zero attached hydrogens (tertiary/aromatic N) is 3. The number of carbonyl (C=O) groups excluding carboxylic acids is 3. The standard InChI is InChI=1S/C23H17BrN4O5/c1-13-10-15(14(2)26(13)17-6-8-18(9-7-17)28(32)33)11-20-21(29)25-23(31)27(22(20)30)19-5-3-4-16(24)12-19/h3-12H,1-2H3,(H,25,29,31)/b20-11-. The maximum atomic E-state index is 13.1. The molecule has 4 amide bonds. The molecule has 0 bridgehead atoms. The zero-order valence-electron chi connectivity index (χ0n) is 17.5. The predicted octanol–water partition coefficient (Wildman–Crippen LogP) is 4.43. The summed E-state index contributed by atoms with van der Waals surface area (Å²) in [5.41, 5.74) is 2.95. The van der Waals surface area contributed by atoms with Crippen LogP contribution in [-0.2, 0) is 9.59 Å². The van der Waals surface area contributed by atoms with Gasteiger partial charge in [0.15, 0.2) is 0 Å². The third kappa shape index (κ3) is 4.08. The molecule has 2 heterocycles. The molecule has 10 heteroatoms. The number of carbonyl (C=O) groups is 3. The molecule has 0 atom stereocenters.